The number of rotatable bonds is 8. The number of carbonyl (C=O) groups excluding carboxylic acids is 2. The first-order valence-electron chi connectivity index (χ1n) is 8.76. The molecule has 1 aliphatic heterocycles. The molecule has 5 unspecified atom stereocenters. The van der Waals surface area contributed by atoms with Gasteiger partial charge in [-0.05, 0) is 13.3 Å². The van der Waals surface area contributed by atoms with E-state index in [-0.39, 0.29) is 26.0 Å². The molecule has 1 aliphatic rings. The number of aromatic amines is 1. The molecule has 12 heteroatoms. The fourth-order valence-corrected chi connectivity index (χ4v) is 2.73. The molecule has 0 spiro atoms. The van der Waals surface area contributed by atoms with Crippen LogP contribution in [0.5, 0.6) is 0 Å². The van der Waals surface area contributed by atoms with Gasteiger partial charge < -0.3 is 30.7 Å². The van der Waals surface area contributed by atoms with E-state index in [0.717, 1.165) is 16.8 Å². The highest BCUT2D eigenvalue weighted by molar-refractivity contribution is 5.82. The monoisotopic (exact) mass is 400 g/mol. The highest BCUT2D eigenvalue weighted by atomic mass is 16.6. The molecule has 0 bridgehead atoms. The van der Waals surface area contributed by atoms with E-state index < -0.39 is 53.7 Å². The van der Waals surface area contributed by atoms with Gasteiger partial charge in [-0.15, -0.1) is 0 Å². The Balaban J connectivity index is 1.90. The number of esters is 1. The third kappa shape index (κ3) is 5.25. The Morgan fingerprint density at radius 3 is 2.75 bits per heavy atom. The zero-order valence-corrected chi connectivity index (χ0v) is 15.2. The maximum atomic E-state index is 12.0. The van der Waals surface area contributed by atoms with Crippen LogP contribution in [0.4, 0.5) is 0 Å². The molecule has 12 nitrogen and oxygen atoms in total. The number of hydrogen-bond acceptors (Lipinski definition) is 9. The van der Waals surface area contributed by atoms with Gasteiger partial charge in [-0.1, -0.05) is 0 Å². The highest BCUT2D eigenvalue weighted by Gasteiger charge is 2.44. The largest absolute Gasteiger partial charge is 0.466 e. The Labute approximate surface area is 159 Å². The minimum Gasteiger partial charge on any atom is -0.466 e. The average Bonchev–Trinajstić information content (AvgIpc) is 2.92. The van der Waals surface area contributed by atoms with Crippen LogP contribution in [0.25, 0.3) is 0 Å². The van der Waals surface area contributed by atoms with E-state index in [1.807, 2.05) is 4.98 Å². The first-order valence-corrected chi connectivity index (χ1v) is 8.76. The van der Waals surface area contributed by atoms with E-state index in [0.29, 0.717) is 0 Å². The Morgan fingerprint density at radius 1 is 1.39 bits per heavy atom. The molecule has 28 heavy (non-hydrogen) atoms. The van der Waals surface area contributed by atoms with Crippen molar-refractivity contribution in [3.8, 4) is 0 Å². The van der Waals surface area contributed by atoms with E-state index in [9.17, 15) is 29.4 Å². The SMILES string of the molecule is CCOC(=O)CCC(N)C(=O)NCC1OC(n2ccc(=O)[nH]c2=O)C(O)C1O. The molecule has 156 valence electrons. The van der Waals surface area contributed by atoms with Crippen molar-refractivity contribution >= 4 is 11.9 Å². The molecule has 1 fully saturated rings. The van der Waals surface area contributed by atoms with Crippen LogP contribution in [0.1, 0.15) is 26.0 Å². The lowest BCUT2D eigenvalue weighted by Gasteiger charge is -2.17. The number of H-pyrrole nitrogens is 1. The van der Waals surface area contributed by atoms with Gasteiger partial charge >= 0.3 is 11.7 Å². The number of aromatic nitrogens is 2. The molecular formula is C16H24N4O8. The fraction of sp³-hybridized carbons (Fsp3) is 0.625. The summed E-state index contributed by atoms with van der Waals surface area (Å²) in [6.07, 6.45) is -3.90. The van der Waals surface area contributed by atoms with Gasteiger partial charge in [0.25, 0.3) is 5.56 Å². The van der Waals surface area contributed by atoms with Gasteiger partial charge in [0, 0.05) is 25.2 Å². The number of nitrogens with two attached hydrogens (primary N) is 1. The van der Waals surface area contributed by atoms with Crippen LogP contribution in [-0.2, 0) is 19.1 Å². The van der Waals surface area contributed by atoms with Crippen LogP contribution in [0, 0.1) is 0 Å². The van der Waals surface area contributed by atoms with E-state index >= 15 is 0 Å². The molecule has 0 saturated carbocycles. The van der Waals surface area contributed by atoms with Crippen molar-refractivity contribution in [2.75, 3.05) is 13.2 Å². The van der Waals surface area contributed by atoms with Crippen LogP contribution >= 0.6 is 0 Å². The number of ether oxygens (including phenoxy) is 2. The van der Waals surface area contributed by atoms with Crippen LogP contribution < -0.4 is 22.3 Å². The third-order valence-electron chi connectivity index (χ3n) is 4.24. The lowest BCUT2D eigenvalue weighted by molar-refractivity contribution is -0.143. The summed E-state index contributed by atoms with van der Waals surface area (Å²) in [6, 6.07) is 0.104. The predicted molar refractivity (Wildman–Crippen MR) is 94.1 cm³/mol. The summed E-state index contributed by atoms with van der Waals surface area (Å²) in [7, 11) is 0. The summed E-state index contributed by atoms with van der Waals surface area (Å²) in [5, 5.41) is 22.7. The number of carbonyl (C=O) groups is 2. The van der Waals surface area contributed by atoms with Crippen molar-refractivity contribution in [2.24, 2.45) is 5.73 Å². The molecule has 1 aromatic heterocycles. The van der Waals surface area contributed by atoms with Crippen molar-refractivity contribution in [3.63, 3.8) is 0 Å². The van der Waals surface area contributed by atoms with Crippen LogP contribution in [0.15, 0.2) is 21.9 Å². The molecule has 1 aromatic rings. The zero-order valence-electron chi connectivity index (χ0n) is 15.2. The normalized spacial score (nSPS) is 25.3. The number of aliphatic hydroxyl groups is 2. The van der Waals surface area contributed by atoms with Gasteiger partial charge in [-0.25, -0.2) is 4.79 Å². The van der Waals surface area contributed by atoms with Crippen molar-refractivity contribution in [2.45, 2.75) is 50.3 Å². The molecule has 0 aromatic carbocycles. The van der Waals surface area contributed by atoms with E-state index in [1.54, 1.807) is 6.92 Å². The highest BCUT2D eigenvalue weighted by Crippen LogP contribution is 2.27. The molecule has 5 atom stereocenters. The Morgan fingerprint density at radius 2 is 2.11 bits per heavy atom. The van der Waals surface area contributed by atoms with Crippen LogP contribution in [-0.4, -0.2) is 69.1 Å². The Kier molecular flexibility index (Phi) is 7.45. The zero-order chi connectivity index (χ0) is 20.8. The minimum absolute atomic E-state index is 0.0130. The standard InChI is InChI=1S/C16H24N4O8/c1-2-27-11(22)4-3-8(17)14(25)18-7-9-12(23)13(24)15(28-9)20-6-5-10(21)19-16(20)26/h5-6,8-9,12-13,15,23-24H,2-4,7,17H2,1H3,(H,18,25)(H,19,21,26). The average molecular weight is 400 g/mol. The first-order chi connectivity index (χ1) is 13.2. The number of aliphatic hydroxyl groups excluding tert-OH is 2. The topological polar surface area (TPSA) is 186 Å². The molecule has 2 rings (SSSR count). The first kappa shape index (κ1) is 21.8. The second-order valence-electron chi connectivity index (χ2n) is 6.26. The number of nitrogens with one attached hydrogen (secondary N) is 2. The molecular weight excluding hydrogens is 376 g/mol. The van der Waals surface area contributed by atoms with Crippen LogP contribution in [0.3, 0.4) is 0 Å². The van der Waals surface area contributed by atoms with Crippen molar-refractivity contribution in [3.05, 3.63) is 33.1 Å². The number of hydrogen-bond donors (Lipinski definition) is 5. The van der Waals surface area contributed by atoms with Gasteiger partial charge in [-0.2, -0.15) is 0 Å². The Hall–Kier alpha value is -2.54. The predicted octanol–water partition coefficient (Wildman–Crippen LogP) is -3.06. The second-order valence-corrected chi connectivity index (χ2v) is 6.26. The molecule has 1 amide bonds. The van der Waals surface area contributed by atoms with Crippen molar-refractivity contribution < 1.29 is 29.3 Å². The van der Waals surface area contributed by atoms with Gasteiger partial charge in [-0.3, -0.25) is 23.9 Å². The second kappa shape index (κ2) is 9.59. The van der Waals surface area contributed by atoms with Gasteiger partial charge in [0.05, 0.1) is 12.6 Å². The molecule has 0 radical (unpaired) electrons. The number of nitrogens with zero attached hydrogens (tertiary/aromatic N) is 1. The van der Waals surface area contributed by atoms with Crippen molar-refractivity contribution in [1.29, 1.82) is 0 Å². The summed E-state index contributed by atoms with van der Waals surface area (Å²) in [6.45, 7) is 1.72. The Bertz CT molecular complexity index is 806. The van der Waals surface area contributed by atoms with Crippen LogP contribution in [0.2, 0.25) is 0 Å². The van der Waals surface area contributed by atoms with E-state index in [1.165, 1.54) is 0 Å². The van der Waals surface area contributed by atoms with Gasteiger partial charge in [0.15, 0.2) is 6.23 Å². The van der Waals surface area contributed by atoms with Crippen molar-refractivity contribution in [1.82, 2.24) is 14.9 Å². The summed E-state index contributed by atoms with van der Waals surface area (Å²) >= 11 is 0. The molecule has 6 N–H and O–H groups in total. The smallest absolute Gasteiger partial charge is 0.330 e. The van der Waals surface area contributed by atoms with Gasteiger partial charge in [0.1, 0.15) is 18.3 Å². The third-order valence-corrected chi connectivity index (χ3v) is 4.24. The maximum absolute atomic E-state index is 12.0. The lowest BCUT2D eigenvalue weighted by Crippen LogP contribution is -2.46. The summed E-state index contributed by atoms with van der Waals surface area (Å²) < 4.78 is 11.1. The maximum Gasteiger partial charge on any atom is 0.330 e. The van der Waals surface area contributed by atoms with E-state index in [4.69, 9.17) is 15.2 Å². The van der Waals surface area contributed by atoms with E-state index in [2.05, 4.69) is 5.32 Å². The van der Waals surface area contributed by atoms with Gasteiger partial charge in [0.2, 0.25) is 5.91 Å². The fourth-order valence-electron chi connectivity index (χ4n) is 2.73. The minimum atomic E-state index is -1.46. The lowest BCUT2D eigenvalue weighted by atomic mass is 10.1. The molecule has 2 heterocycles. The summed E-state index contributed by atoms with van der Waals surface area (Å²) in [5.74, 6) is -1.03. The summed E-state index contributed by atoms with van der Waals surface area (Å²) in [4.78, 5) is 48.3. The molecule has 1 saturated heterocycles. The molecule has 0 aliphatic carbocycles. The number of amides is 1. The quantitative estimate of drug-likeness (QED) is 0.282. The summed E-state index contributed by atoms with van der Waals surface area (Å²) in [5.41, 5.74) is 4.28.